The molecule has 0 fully saturated rings. The summed E-state index contributed by atoms with van der Waals surface area (Å²) in [7, 11) is 1.98. The van der Waals surface area contributed by atoms with Crippen molar-refractivity contribution in [3.8, 4) is 0 Å². The SMILES string of the molecule is CNC(Cc1ccco1)c1cc(Br)ccc1I. The number of hydrogen-bond acceptors (Lipinski definition) is 2. The third-order valence-electron chi connectivity index (χ3n) is 2.67. The van der Waals surface area contributed by atoms with Gasteiger partial charge in [-0.2, -0.15) is 0 Å². The van der Waals surface area contributed by atoms with Gasteiger partial charge in [-0.15, -0.1) is 0 Å². The molecular formula is C13H13BrINO. The molecule has 2 nitrogen and oxygen atoms in total. The summed E-state index contributed by atoms with van der Waals surface area (Å²) in [5.74, 6) is 1.00. The Morgan fingerprint density at radius 2 is 2.24 bits per heavy atom. The first kappa shape index (κ1) is 13.1. The van der Waals surface area contributed by atoms with E-state index in [4.69, 9.17) is 4.42 Å². The van der Waals surface area contributed by atoms with Gasteiger partial charge in [0.25, 0.3) is 0 Å². The van der Waals surface area contributed by atoms with Crippen LogP contribution in [0.2, 0.25) is 0 Å². The molecule has 0 saturated heterocycles. The molecule has 17 heavy (non-hydrogen) atoms. The number of nitrogens with one attached hydrogen (secondary N) is 1. The molecule has 0 saturated carbocycles. The highest BCUT2D eigenvalue weighted by molar-refractivity contribution is 14.1. The first-order valence-corrected chi connectivity index (χ1v) is 7.22. The largest absolute Gasteiger partial charge is 0.469 e. The highest BCUT2D eigenvalue weighted by Crippen LogP contribution is 2.26. The van der Waals surface area contributed by atoms with Gasteiger partial charge >= 0.3 is 0 Å². The minimum Gasteiger partial charge on any atom is -0.469 e. The van der Waals surface area contributed by atoms with Crippen LogP contribution in [0.5, 0.6) is 0 Å². The van der Waals surface area contributed by atoms with Gasteiger partial charge in [-0.25, -0.2) is 0 Å². The van der Waals surface area contributed by atoms with E-state index in [1.165, 1.54) is 9.13 Å². The Kier molecular flexibility index (Phi) is 4.64. The van der Waals surface area contributed by atoms with Crippen LogP contribution in [0.1, 0.15) is 17.4 Å². The van der Waals surface area contributed by atoms with Gasteiger partial charge in [-0.1, -0.05) is 15.9 Å². The Bertz CT molecular complexity index is 484. The number of halogens is 2. The van der Waals surface area contributed by atoms with Crippen molar-refractivity contribution in [1.29, 1.82) is 0 Å². The summed E-state index contributed by atoms with van der Waals surface area (Å²) in [5, 5.41) is 3.34. The van der Waals surface area contributed by atoms with Crippen molar-refractivity contribution in [2.45, 2.75) is 12.5 Å². The van der Waals surface area contributed by atoms with E-state index in [1.54, 1.807) is 6.26 Å². The van der Waals surface area contributed by atoms with E-state index in [0.29, 0.717) is 0 Å². The van der Waals surface area contributed by atoms with Gasteiger partial charge in [0.2, 0.25) is 0 Å². The summed E-state index contributed by atoms with van der Waals surface area (Å²) in [6.07, 6.45) is 2.57. The first-order chi connectivity index (χ1) is 8.20. The van der Waals surface area contributed by atoms with Crippen LogP contribution in [0.25, 0.3) is 0 Å². The molecule has 0 aliphatic heterocycles. The second kappa shape index (κ2) is 6.02. The summed E-state index contributed by atoms with van der Waals surface area (Å²) in [5.41, 5.74) is 1.29. The third kappa shape index (κ3) is 3.33. The Morgan fingerprint density at radius 1 is 1.41 bits per heavy atom. The fourth-order valence-corrected chi connectivity index (χ4v) is 2.87. The summed E-state index contributed by atoms with van der Waals surface area (Å²) in [6.45, 7) is 0. The first-order valence-electron chi connectivity index (χ1n) is 5.35. The molecule has 1 N–H and O–H groups in total. The fraction of sp³-hybridized carbons (Fsp3) is 0.231. The average Bonchev–Trinajstić information content (AvgIpc) is 2.82. The Balaban J connectivity index is 2.25. The van der Waals surface area contributed by atoms with E-state index in [2.05, 4.69) is 62.0 Å². The lowest BCUT2D eigenvalue weighted by Crippen LogP contribution is -2.19. The third-order valence-corrected chi connectivity index (χ3v) is 4.14. The minimum atomic E-state index is 0.269. The Labute approximate surface area is 123 Å². The molecule has 0 aliphatic carbocycles. The van der Waals surface area contributed by atoms with Crippen LogP contribution in [0.15, 0.2) is 45.5 Å². The summed E-state index contributed by atoms with van der Waals surface area (Å²) in [4.78, 5) is 0. The van der Waals surface area contributed by atoms with Crippen LogP contribution in [0.4, 0.5) is 0 Å². The molecule has 0 aliphatic rings. The van der Waals surface area contributed by atoms with Crippen LogP contribution < -0.4 is 5.32 Å². The number of hydrogen-bond donors (Lipinski definition) is 1. The minimum absolute atomic E-state index is 0.269. The second-order valence-electron chi connectivity index (χ2n) is 3.79. The van der Waals surface area contributed by atoms with Crippen LogP contribution >= 0.6 is 38.5 Å². The van der Waals surface area contributed by atoms with E-state index in [0.717, 1.165) is 16.7 Å². The van der Waals surface area contributed by atoms with Crippen molar-refractivity contribution >= 4 is 38.5 Å². The van der Waals surface area contributed by atoms with Crippen LogP contribution in [0.3, 0.4) is 0 Å². The maximum absolute atomic E-state index is 5.40. The molecule has 2 aromatic rings. The molecular weight excluding hydrogens is 393 g/mol. The van der Waals surface area contributed by atoms with E-state index in [9.17, 15) is 0 Å². The average molecular weight is 406 g/mol. The molecule has 1 aromatic heterocycles. The zero-order valence-electron chi connectivity index (χ0n) is 9.41. The maximum atomic E-state index is 5.40. The molecule has 2 rings (SSSR count). The van der Waals surface area contributed by atoms with Crippen LogP contribution in [-0.2, 0) is 6.42 Å². The predicted octanol–water partition coefficient (Wildman–Crippen LogP) is 4.15. The standard InChI is InChI=1S/C13H13BrINO/c1-16-13(8-10-3-2-6-17-10)11-7-9(14)4-5-12(11)15/h2-7,13,16H,8H2,1H3. The van der Waals surface area contributed by atoms with Crippen molar-refractivity contribution in [3.05, 3.63) is 56.0 Å². The van der Waals surface area contributed by atoms with Crippen molar-refractivity contribution in [2.75, 3.05) is 7.05 Å². The molecule has 1 heterocycles. The molecule has 1 atom stereocenters. The molecule has 0 radical (unpaired) electrons. The zero-order chi connectivity index (χ0) is 12.3. The van der Waals surface area contributed by atoms with E-state index < -0.39 is 0 Å². The normalized spacial score (nSPS) is 12.6. The molecule has 0 amide bonds. The van der Waals surface area contributed by atoms with Gasteiger partial charge < -0.3 is 9.73 Å². The quantitative estimate of drug-likeness (QED) is 0.773. The monoisotopic (exact) mass is 405 g/mol. The maximum Gasteiger partial charge on any atom is 0.105 e. The topological polar surface area (TPSA) is 25.2 Å². The van der Waals surface area contributed by atoms with Crippen molar-refractivity contribution < 1.29 is 4.42 Å². The summed E-state index contributed by atoms with van der Waals surface area (Å²) >= 11 is 5.88. The van der Waals surface area contributed by atoms with Crippen LogP contribution in [0, 0.1) is 3.57 Å². The number of furan rings is 1. The van der Waals surface area contributed by atoms with Crippen LogP contribution in [-0.4, -0.2) is 7.05 Å². The van der Waals surface area contributed by atoms with Gasteiger partial charge in [0.15, 0.2) is 0 Å². The summed E-state index contributed by atoms with van der Waals surface area (Å²) in [6, 6.07) is 10.5. The number of likely N-dealkylation sites (N-methyl/N-ethyl adjacent to an activating group) is 1. The fourth-order valence-electron chi connectivity index (χ4n) is 1.78. The van der Waals surface area contributed by atoms with Gasteiger partial charge in [0, 0.05) is 20.5 Å². The predicted molar refractivity (Wildman–Crippen MR) is 81.1 cm³/mol. The number of benzene rings is 1. The van der Waals surface area contributed by atoms with Crippen molar-refractivity contribution in [1.82, 2.24) is 5.32 Å². The Morgan fingerprint density at radius 3 is 2.88 bits per heavy atom. The molecule has 1 unspecified atom stereocenters. The van der Waals surface area contributed by atoms with E-state index in [1.807, 2.05) is 19.2 Å². The van der Waals surface area contributed by atoms with E-state index in [-0.39, 0.29) is 6.04 Å². The zero-order valence-corrected chi connectivity index (χ0v) is 13.2. The van der Waals surface area contributed by atoms with Gasteiger partial charge in [-0.3, -0.25) is 0 Å². The summed E-state index contributed by atoms with van der Waals surface area (Å²) < 4.78 is 7.77. The molecule has 90 valence electrons. The lowest BCUT2D eigenvalue weighted by molar-refractivity contribution is 0.465. The second-order valence-corrected chi connectivity index (χ2v) is 5.87. The molecule has 1 aromatic carbocycles. The highest BCUT2D eigenvalue weighted by Gasteiger charge is 2.14. The lowest BCUT2D eigenvalue weighted by Gasteiger charge is -2.17. The number of rotatable bonds is 4. The Hall–Kier alpha value is -0.330. The van der Waals surface area contributed by atoms with Crippen molar-refractivity contribution in [3.63, 3.8) is 0 Å². The molecule has 0 bridgehead atoms. The molecule has 0 spiro atoms. The van der Waals surface area contributed by atoms with Crippen molar-refractivity contribution in [2.24, 2.45) is 0 Å². The highest BCUT2D eigenvalue weighted by atomic mass is 127. The van der Waals surface area contributed by atoms with Gasteiger partial charge in [0.1, 0.15) is 5.76 Å². The smallest absolute Gasteiger partial charge is 0.105 e. The molecule has 4 heteroatoms. The lowest BCUT2D eigenvalue weighted by atomic mass is 10.0. The van der Waals surface area contributed by atoms with Gasteiger partial charge in [0.05, 0.1) is 6.26 Å². The van der Waals surface area contributed by atoms with Gasteiger partial charge in [-0.05, 0) is 65.5 Å². The van der Waals surface area contributed by atoms with E-state index >= 15 is 0 Å².